The predicted octanol–water partition coefficient (Wildman–Crippen LogP) is 2.95. The molecular formula is C16H21N3O. The molecule has 2 atom stereocenters. The lowest BCUT2D eigenvalue weighted by Gasteiger charge is -2.25. The number of rotatable bonds is 3. The number of aryl methyl sites for hydroxylation is 1. The van der Waals surface area contributed by atoms with Crippen molar-refractivity contribution in [2.45, 2.75) is 51.0 Å². The highest BCUT2D eigenvalue weighted by Crippen LogP contribution is 2.31. The molecule has 1 saturated carbocycles. The van der Waals surface area contributed by atoms with E-state index in [0.717, 1.165) is 31.0 Å². The highest BCUT2D eigenvalue weighted by atomic mass is 16.5. The van der Waals surface area contributed by atoms with Crippen LogP contribution in [0.2, 0.25) is 0 Å². The second-order valence-corrected chi connectivity index (χ2v) is 5.71. The van der Waals surface area contributed by atoms with E-state index in [1.165, 1.54) is 24.0 Å². The van der Waals surface area contributed by atoms with Gasteiger partial charge in [-0.25, -0.2) is 0 Å². The summed E-state index contributed by atoms with van der Waals surface area (Å²) >= 11 is 0. The van der Waals surface area contributed by atoms with Gasteiger partial charge < -0.3 is 10.3 Å². The molecule has 4 nitrogen and oxygen atoms in total. The summed E-state index contributed by atoms with van der Waals surface area (Å²) in [7, 11) is 0. The molecule has 1 aliphatic carbocycles. The van der Waals surface area contributed by atoms with Gasteiger partial charge in [0.1, 0.15) is 0 Å². The molecule has 0 bridgehead atoms. The normalized spacial score (nSPS) is 22.9. The molecule has 2 N–H and O–H groups in total. The van der Waals surface area contributed by atoms with Crippen LogP contribution in [0.4, 0.5) is 0 Å². The quantitative estimate of drug-likeness (QED) is 0.932. The van der Waals surface area contributed by atoms with Gasteiger partial charge in [0.05, 0.1) is 5.92 Å². The molecule has 4 heteroatoms. The fourth-order valence-electron chi connectivity index (χ4n) is 2.93. The minimum Gasteiger partial charge on any atom is -0.339 e. The van der Waals surface area contributed by atoms with E-state index in [9.17, 15) is 0 Å². The van der Waals surface area contributed by atoms with Gasteiger partial charge in [-0.15, -0.1) is 0 Å². The number of benzene rings is 1. The first-order valence-corrected chi connectivity index (χ1v) is 7.36. The molecule has 1 aromatic carbocycles. The van der Waals surface area contributed by atoms with Crippen LogP contribution in [0.15, 0.2) is 28.8 Å². The Hall–Kier alpha value is -1.68. The average molecular weight is 271 g/mol. The van der Waals surface area contributed by atoms with Crippen molar-refractivity contribution in [2.75, 3.05) is 0 Å². The third kappa shape index (κ3) is 2.75. The molecule has 1 heterocycles. The Labute approximate surface area is 119 Å². The van der Waals surface area contributed by atoms with Crippen molar-refractivity contribution >= 4 is 0 Å². The van der Waals surface area contributed by atoms with E-state index in [2.05, 4.69) is 29.2 Å². The maximum atomic E-state index is 6.17. The molecule has 0 radical (unpaired) electrons. The Kier molecular flexibility index (Phi) is 3.83. The Morgan fingerprint density at radius 2 is 2.05 bits per heavy atom. The third-order valence-corrected chi connectivity index (χ3v) is 4.23. The van der Waals surface area contributed by atoms with Crippen LogP contribution in [0.5, 0.6) is 0 Å². The van der Waals surface area contributed by atoms with E-state index in [1.54, 1.807) is 0 Å². The summed E-state index contributed by atoms with van der Waals surface area (Å²) in [5.74, 6) is 1.72. The van der Waals surface area contributed by atoms with Crippen LogP contribution in [0.1, 0.15) is 54.4 Å². The van der Waals surface area contributed by atoms with Gasteiger partial charge >= 0.3 is 0 Å². The maximum Gasteiger partial charge on any atom is 0.231 e. The van der Waals surface area contributed by atoms with Gasteiger partial charge in [0.15, 0.2) is 5.82 Å². The zero-order valence-corrected chi connectivity index (χ0v) is 11.9. The summed E-state index contributed by atoms with van der Waals surface area (Å²) in [5.41, 5.74) is 8.67. The van der Waals surface area contributed by atoms with Crippen LogP contribution in [-0.4, -0.2) is 16.2 Å². The monoisotopic (exact) mass is 271 g/mol. The summed E-state index contributed by atoms with van der Waals surface area (Å²) in [5, 5.41) is 4.12. The van der Waals surface area contributed by atoms with E-state index >= 15 is 0 Å². The van der Waals surface area contributed by atoms with E-state index in [-0.39, 0.29) is 12.0 Å². The second kappa shape index (κ2) is 5.75. The second-order valence-electron chi connectivity index (χ2n) is 5.71. The third-order valence-electron chi connectivity index (χ3n) is 4.23. The number of hydrogen-bond acceptors (Lipinski definition) is 4. The molecule has 2 aromatic rings. The minimum atomic E-state index is 0.163. The van der Waals surface area contributed by atoms with Crippen LogP contribution < -0.4 is 5.73 Å². The lowest BCUT2D eigenvalue weighted by molar-refractivity contribution is 0.289. The summed E-state index contributed by atoms with van der Waals surface area (Å²) < 4.78 is 5.45. The summed E-state index contributed by atoms with van der Waals surface area (Å²) in [4.78, 5) is 4.56. The van der Waals surface area contributed by atoms with Gasteiger partial charge in [0, 0.05) is 12.5 Å². The molecule has 20 heavy (non-hydrogen) atoms. The van der Waals surface area contributed by atoms with Gasteiger partial charge in [-0.1, -0.05) is 42.3 Å². The molecule has 0 aliphatic heterocycles. The average Bonchev–Trinajstić information content (AvgIpc) is 2.90. The molecule has 3 rings (SSSR count). The maximum absolute atomic E-state index is 6.17. The smallest absolute Gasteiger partial charge is 0.231 e. The lowest BCUT2D eigenvalue weighted by atomic mass is 9.85. The van der Waals surface area contributed by atoms with Crippen molar-refractivity contribution in [3.8, 4) is 0 Å². The molecule has 106 valence electrons. The van der Waals surface area contributed by atoms with Crippen LogP contribution in [0.3, 0.4) is 0 Å². The SMILES string of the molecule is Cc1ccccc1Cc1noc(C2CCCCC2N)n1. The molecule has 0 saturated heterocycles. The van der Waals surface area contributed by atoms with Crippen LogP contribution >= 0.6 is 0 Å². The minimum absolute atomic E-state index is 0.163. The molecule has 1 aliphatic rings. The number of nitrogens with two attached hydrogens (primary N) is 1. The van der Waals surface area contributed by atoms with Crippen molar-refractivity contribution in [1.82, 2.24) is 10.1 Å². The standard InChI is InChI=1S/C16H21N3O/c1-11-6-2-3-7-12(11)10-15-18-16(20-19-15)13-8-4-5-9-14(13)17/h2-3,6-7,13-14H,4-5,8-10,17H2,1H3. The highest BCUT2D eigenvalue weighted by molar-refractivity contribution is 5.28. The number of aromatic nitrogens is 2. The van der Waals surface area contributed by atoms with Crippen molar-refractivity contribution < 1.29 is 4.52 Å². The zero-order chi connectivity index (χ0) is 13.9. The Bertz CT molecular complexity index is 579. The van der Waals surface area contributed by atoms with E-state index in [1.807, 2.05) is 12.1 Å². The molecule has 1 aromatic heterocycles. The first-order chi connectivity index (χ1) is 9.74. The van der Waals surface area contributed by atoms with Crippen molar-refractivity contribution in [1.29, 1.82) is 0 Å². The zero-order valence-electron chi connectivity index (χ0n) is 11.9. The van der Waals surface area contributed by atoms with Crippen LogP contribution in [-0.2, 0) is 6.42 Å². The molecular weight excluding hydrogens is 250 g/mol. The summed E-state index contributed by atoms with van der Waals surface area (Å²) in [6, 6.07) is 8.46. The van der Waals surface area contributed by atoms with Gasteiger partial charge in [0.2, 0.25) is 5.89 Å². The molecule has 1 fully saturated rings. The molecule has 2 unspecified atom stereocenters. The van der Waals surface area contributed by atoms with Gasteiger partial charge in [-0.2, -0.15) is 4.98 Å². The first kappa shape index (κ1) is 13.3. The topological polar surface area (TPSA) is 64.9 Å². The van der Waals surface area contributed by atoms with E-state index in [4.69, 9.17) is 10.3 Å². The van der Waals surface area contributed by atoms with Crippen molar-refractivity contribution in [2.24, 2.45) is 5.73 Å². The Balaban J connectivity index is 1.75. The largest absolute Gasteiger partial charge is 0.339 e. The lowest BCUT2D eigenvalue weighted by Crippen LogP contribution is -2.31. The fourth-order valence-corrected chi connectivity index (χ4v) is 2.93. The molecule has 0 amide bonds. The van der Waals surface area contributed by atoms with Crippen LogP contribution in [0.25, 0.3) is 0 Å². The fraction of sp³-hybridized carbons (Fsp3) is 0.500. The van der Waals surface area contributed by atoms with Crippen molar-refractivity contribution in [3.63, 3.8) is 0 Å². The summed E-state index contributed by atoms with van der Waals surface area (Å²) in [6.45, 7) is 2.10. The van der Waals surface area contributed by atoms with Crippen LogP contribution in [0, 0.1) is 6.92 Å². The van der Waals surface area contributed by atoms with Gasteiger partial charge in [-0.3, -0.25) is 0 Å². The van der Waals surface area contributed by atoms with Gasteiger partial charge in [0.25, 0.3) is 0 Å². The Morgan fingerprint density at radius 3 is 2.85 bits per heavy atom. The Morgan fingerprint density at radius 1 is 1.25 bits per heavy atom. The predicted molar refractivity (Wildman–Crippen MR) is 77.5 cm³/mol. The van der Waals surface area contributed by atoms with Gasteiger partial charge in [-0.05, 0) is 30.9 Å². The first-order valence-electron chi connectivity index (χ1n) is 7.36. The van der Waals surface area contributed by atoms with Crippen molar-refractivity contribution in [3.05, 3.63) is 47.1 Å². The van der Waals surface area contributed by atoms with E-state index < -0.39 is 0 Å². The molecule has 0 spiro atoms. The summed E-state index contributed by atoms with van der Waals surface area (Å²) in [6.07, 6.45) is 5.25. The number of nitrogens with zero attached hydrogens (tertiary/aromatic N) is 2. The highest BCUT2D eigenvalue weighted by Gasteiger charge is 2.28. The van der Waals surface area contributed by atoms with E-state index in [0.29, 0.717) is 0 Å². The number of hydrogen-bond donors (Lipinski definition) is 1.